The number of carbonyl (C=O) groups excluding carboxylic acids is 1. The molecule has 0 saturated carbocycles. The molecule has 0 aliphatic rings. The zero-order valence-electron chi connectivity index (χ0n) is 11.9. The highest BCUT2D eigenvalue weighted by molar-refractivity contribution is 7.22. The van der Waals surface area contributed by atoms with Crippen molar-refractivity contribution in [1.82, 2.24) is 14.5 Å². The Morgan fingerprint density at radius 1 is 1.43 bits per heavy atom. The molecule has 0 aliphatic carbocycles. The molecule has 1 amide bonds. The van der Waals surface area contributed by atoms with Crippen LogP contribution in [-0.4, -0.2) is 27.5 Å². The maximum absolute atomic E-state index is 12.6. The van der Waals surface area contributed by atoms with Crippen LogP contribution >= 0.6 is 22.7 Å². The van der Waals surface area contributed by atoms with Gasteiger partial charge in [-0.25, -0.2) is 9.97 Å². The molecular formula is C14H14N4OS2. The molecule has 0 aromatic carbocycles. The van der Waals surface area contributed by atoms with E-state index in [2.05, 4.69) is 9.97 Å². The zero-order valence-corrected chi connectivity index (χ0v) is 13.5. The predicted octanol–water partition coefficient (Wildman–Crippen LogP) is 3.19. The Hall–Kier alpha value is -1.99. The van der Waals surface area contributed by atoms with Crippen molar-refractivity contribution < 1.29 is 4.79 Å². The largest absolute Gasteiger partial charge is 0.320 e. The second kappa shape index (κ2) is 5.42. The van der Waals surface area contributed by atoms with Crippen LogP contribution in [0.25, 0.3) is 9.88 Å². The summed E-state index contributed by atoms with van der Waals surface area (Å²) in [5.41, 5.74) is 0.759. The molecule has 0 spiro atoms. The summed E-state index contributed by atoms with van der Waals surface area (Å²) >= 11 is 3.05. The number of rotatable bonds is 3. The van der Waals surface area contributed by atoms with Crippen LogP contribution in [-0.2, 0) is 7.05 Å². The van der Waals surface area contributed by atoms with E-state index >= 15 is 0 Å². The van der Waals surface area contributed by atoms with Crippen molar-refractivity contribution in [3.05, 3.63) is 40.5 Å². The first-order valence-electron chi connectivity index (χ1n) is 6.34. The summed E-state index contributed by atoms with van der Waals surface area (Å²) in [5.74, 6) is 0.535. The molecule has 0 N–H and O–H groups in total. The molecule has 7 heteroatoms. The first kappa shape index (κ1) is 14.0. The van der Waals surface area contributed by atoms with Crippen LogP contribution in [0.2, 0.25) is 0 Å². The molecule has 0 radical (unpaired) electrons. The van der Waals surface area contributed by atoms with Crippen molar-refractivity contribution in [3.63, 3.8) is 0 Å². The topological polar surface area (TPSA) is 51.0 Å². The summed E-state index contributed by atoms with van der Waals surface area (Å²) in [6.07, 6.45) is 3.49. The number of imidazole rings is 1. The van der Waals surface area contributed by atoms with E-state index in [-0.39, 0.29) is 5.91 Å². The van der Waals surface area contributed by atoms with Gasteiger partial charge >= 0.3 is 0 Å². The van der Waals surface area contributed by atoms with E-state index in [1.807, 2.05) is 42.2 Å². The molecule has 3 aromatic rings. The SMILES string of the molecule is Cc1nc(-c2cccs2)sc1C(=O)N(C)c1nccn1C. The number of aryl methyl sites for hydroxylation is 2. The number of thiophene rings is 1. The Morgan fingerprint density at radius 3 is 2.86 bits per heavy atom. The van der Waals surface area contributed by atoms with Gasteiger partial charge in [0.2, 0.25) is 5.95 Å². The average molecular weight is 318 g/mol. The van der Waals surface area contributed by atoms with E-state index < -0.39 is 0 Å². The first-order valence-corrected chi connectivity index (χ1v) is 8.04. The molecule has 3 rings (SSSR count). The van der Waals surface area contributed by atoms with Crippen LogP contribution in [0, 0.1) is 6.92 Å². The van der Waals surface area contributed by atoms with Crippen molar-refractivity contribution in [2.45, 2.75) is 6.92 Å². The minimum Gasteiger partial charge on any atom is -0.320 e. The molecule has 0 saturated heterocycles. The van der Waals surface area contributed by atoms with Crippen LogP contribution in [0.3, 0.4) is 0 Å². The van der Waals surface area contributed by atoms with Crippen LogP contribution < -0.4 is 4.90 Å². The number of amides is 1. The van der Waals surface area contributed by atoms with Gasteiger partial charge in [-0.05, 0) is 18.4 Å². The summed E-state index contributed by atoms with van der Waals surface area (Å²) in [6, 6.07) is 4.00. The van der Waals surface area contributed by atoms with E-state index in [1.165, 1.54) is 11.3 Å². The van der Waals surface area contributed by atoms with E-state index in [0.29, 0.717) is 10.8 Å². The minimum atomic E-state index is -0.0814. The Morgan fingerprint density at radius 2 is 2.24 bits per heavy atom. The molecule has 0 aliphatic heterocycles. The monoisotopic (exact) mass is 318 g/mol. The van der Waals surface area contributed by atoms with Gasteiger partial charge in [0.25, 0.3) is 5.91 Å². The van der Waals surface area contributed by atoms with Crippen LogP contribution in [0.15, 0.2) is 29.9 Å². The van der Waals surface area contributed by atoms with Crippen molar-refractivity contribution in [3.8, 4) is 9.88 Å². The molecule has 0 fully saturated rings. The van der Waals surface area contributed by atoms with Gasteiger partial charge in [0, 0.05) is 26.5 Å². The lowest BCUT2D eigenvalue weighted by molar-refractivity contribution is 0.0994. The van der Waals surface area contributed by atoms with Crippen molar-refractivity contribution in [2.24, 2.45) is 7.05 Å². The third-order valence-electron chi connectivity index (χ3n) is 3.12. The summed E-state index contributed by atoms with van der Waals surface area (Å²) in [7, 11) is 3.59. The Bertz CT molecular complexity index is 773. The summed E-state index contributed by atoms with van der Waals surface area (Å²) < 4.78 is 1.81. The van der Waals surface area contributed by atoms with Gasteiger partial charge in [-0.1, -0.05) is 6.07 Å². The minimum absolute atomic E-state index is 0.0814. The van der Waals surface area contributed by atoms with E-state index in [9.17, 15) is 4.79 Å². The fourth-order valence-electron chi connectivity index (χ4n) is 2.02. The van der Waals surface area contributed by atoms with Crippen LogP contribution in [0.4, 0.5) is 5.95 Å². The van der Waals surface area contributed by atoms with Gasteiger partial charge in [-0.3, -0.25) is 9.69 Å². The normalized spacial score (nSPS) is 10.8. The second-order valence-corrected chi connectivity index (χ2v) is 6.56. The van der Waals surface area contributed by atoms with Crippen molar-refractivity contribution in [1.29, 1.82) is 0 Å². The van der Waals surface area contributed by atoms with Gasteiger partial charge < -0.3 is 4.57 Å². The van der Waals surface area contributed by atoms with E-state index in [4.69, 9.17) is 0 Å². The number of hydrogen-bond acceptors (Lipinski definition) is 5. The highest BCUT2D eigenvalue weighted by Gasteiger charge is 2.22. The molecule has 0 atom stereocenters. The number of nitrogens with zero attached hydrogens (tertiary/aromatic N) is 4. The molecule has 21 heavy (non-hydrogen) atoms. The number of hydrogen-bond donors (Lipinski definition) is 0. The molecule has 108 valence electrons. The molecule has 5 nitrogen and oxygen atoms in total. The maximum atomic E-state index is 12.6. The Balaban J connectivity index is 1.94. The number of aromatic nitrogens is 3. The van der Waals surface area contributed by atoms with Crippen molar-refractivity contribution >= 4 is 34.5 Å². The fraction of sp³-hybridized carbons (Fsp3) is 0.214. The first-order chi connectivity index (χ1) is 10.1. The molecule has 3 heterocycles. The molecule has 0 bridgehead atoms. The lowest BCUT2D eigenvalue weighted by atomic mass is 10.3. The third-order valence-corrected chi connectivity index (χ3v) is 5.31. The third kappa shape index (κ3) is 2.50. The van der Waals surface area contributed by atoms with Gasteiger partial charge in [0.05, 0.1) is 10.6 Å². The second-order valence-electron chi connectivity index (χ2n) is 4.61. The van der Waals surface area contributed by atoms with Crippen LogP contribution in [0.5, 0.6) is 0 Å². The lowest BCUT2D eigenvalue weighted by Crippen LogP contribution is -2.28. The zero-order chi connectivity index (χ0) is 15.0. The average Bonchev–Trinajstić information content (AvgIpc) is 3.17. The highest BCUT2D eigenvalue weighted by Crippen LogP contribution is 2.32. The summed E-state index contributed by atoms with van der Waals surface area (Å²) in [5, 5.41) is 2.90. The van der Waals surface area contributed by atoms with Gasteiger partial charge in [-0.15, -0.1) is 22.7 Å². The quantitative estimate of drug-likeness (QED) is 0.745. The maximum Gasteiger partial charge on any atom is 0.272 e. The van der Waals surface area contributed by atoms with Crippen molar-refractivity contribution in [2.75, 3.05) is 11.9 Å². The van der Waals surface area contributed by atoms with E-state index in [0.717, 1.165) is 15.6 Å². The lowest BCUT2D eigenvalue weighted by Gasteiger charge is -2.15. The molecule has 3 aromatic heterocycles. The fourth-order valence-corrected chi connectivity index (χ4v) is 3.86. The standard InChI is InChI=1S/C14H14N4OS2/c1-9-11(21-12(16-9)10-5-4-8-20-10)13(19)18(3)14-15-6-7-17(14)2/h4-8H,1-3H3. The van der Waals surface area contributed by atoms with Gasteiger partial charge in [-0.2, -0.15) is 0 Å². The van der Waals surface area contributed by atoms with Crippen LogP contribution in [0.1, 0.15) is 15.4 Å². The predicted molar refractivity (Wildman–Crippen MR) is 86.1 cm³/mol. The van der Waals surface area contributed by atoms with Gasteiger partial charge in [0.15, 0.2) is 0 Å². The highest BCUT2D eigenvalue weighted by atomic mass is 32.1. The Labute approximate surface area is 130 Å². The summed E-state index contributed by atoms with van der Waals surface area (Å²) in [4.78, 5) is 24.7. The number of thiazole rings is 1. The number of anilines is 1. The Kier molecular flexibility index (Phi) is 3.60. The summed E-state index contributed by atoms with van der Waals surface area (Å²) in [6.45, 7) is 1.87. The molecule has 0 unspecified atom stereocenters. The molecular weight excluding hydrogens is 304 g/mol. The number of carbonyl (C=O) groups is 1. The smallest absolute Gasteiger partial charge is 0.272 e. The van der Waals surface area contributed by atoms with E-state index in [1.54, 1.807) is 29.5 Å². The van der Waals surface area contributed by atoms with Gasteiger partial charge in [0.1, 0.15) is 9.88 Å².